The van der Waals surface area contributed by atoms with Crippen LogP contribution in [0.15, 0.2) is 29.2 Å². The van der Waals surface area contributed by atoms with Gasteiger partial charge in [-0.1, -0.05) is 19.9 Å². The third-order valence-corrected chi connectivity index (χ3v) is 5.16. The van der Waals surface area contributed by atoms with Crippen LogP contribution < -0.4 is 4.90 Å². The van der Waals surface area contributed by atoms with Crippen molar-refractivity contribution in [3.05, 3.63) is 24.3 Å². The van der Waals surface area contributed by atoms with Crippen molar-refractivity contribution in [3.63, 3.8) is 0 Å². The molecule has 1 atom stereocenters. The second-order valence-electron chi connectivity index (χ2n) is 6.00. The lowest BCUT2D eigenvalue weighted by molar-refractivity contribution is 0.103. The Labute approximate surface area is 131 Å². The van der Waals surface area contributed by atoms with Gasteiger partial charge in [0, 0.05) is 31.6 Å². The minimum Gasteiger partial charge on any atom is -0.465 e. The van der Waals surface area contributed by atoms with Crippen molar-refractivity contribution >= 4 is 21.6 Å². The van der Waals surface area contributed by atoms with Crippen LogP contribution in [0.3, 0.4) is 0 Å². The SMILES string of the molecule is CC(C)C1CN(c2cccc(S(C)(=O)=O)c2)CCN1C(=O)O. The molecule has 0 aliphatic carbocycles. The molecule has 0 radical (unpaired) electrons. The number of nitrogens with zero attached hydrogens (tertiary/aromatic N) is 2. The summed E-state index contributed by atoms with van der Waals surface area (Å²) in [4.78, 5) is 15.1. The number of sulfone groups is 1. The number of rotatable bonds is 3. The molecule has 0 bridgehead atoms. The first kappa shape index (κ1) is 16.6. The van der Waals surface area contributed by atoms with Crippen molar-refractivity contribution < 1.29 is 18.3 Å². The zero-order valence-corrected chi connectivity index (χ0v) is 13.9. The van der Waals surface area contributed by atoms with E-state index in [0.29, 0.717) is 19.6 Å². The third kappa shape index (κ3) is 3.52. The van der Waals surface area contributed by atoms with Gasteiger partial charge in [0.15, 0.2) is 9.84 Å². The molecule has 0 saturated carbocycles. The predicted octanol–water partition coefficient (Wildman–Crippen LogP) is 1.91. The number of hydrogen-bond donors (Lipinski definition) is 1. The van der Waals surface area contributed by atoms with Gasteiger partial charge in [-0.25, -0.2) is 13.2 Å². The van der Waals surface area contributed by atoms with Crippen LogP contribution in [0.1, 0.15) is 13.8 Å². The second-order valence-corrected chi connectivity index (χ2v) is 8.02. The van der Waals surface area contributed by atoms with Crippen molar-refractivity contribution in [1.82, 2.24) is 4.90 Å². The van der Waals surface area contributed by atoms with Crippen molar-refractivity contribution in [3.8, 4) is 0 Å². The normalized spacial score (nSPS) is 19.5. The van der Waals surface area contributed by atoms with Gasteiger partial charge in [-0.15, -0.1) is 0 Å². The molecule has 7 heteroatoms. The Hall–Kier alpha value is -1.76. The molecule has 1 fully saturated rings. The van der Waals surface area contributed by atoms with E-state index in [1.165, 1.54) is 11.2 Å². The zero-order valence-electron chi connectivity index (χ0n) is 13.1. The lowest BCUT2D eigenvalue weighted by Gasteiger charge is -2.43. The molecule has 2 rings (SSSR count). The molecule has 1 N–H and O–H groups in total. The monoisotopic (exact) mass is 326 g/mol. The van der Waals surface area contributed by atoms with Gasteiger partial charge < -0.3 is 14.9 Å². The molecule has 1 aliphatic rings. The van der Waals surface area contributed by atoms with E-state index < -0.39 is 15.9 Å². The van der Waals surface area contributed by atoms with Crippen LogP contribution in [0.25, 0.3) is 0 Å². The van der Waals surface area contributed by atoms with Gasteiger partial charge in [0.1, 0.15) is 0 Å². The highest BCUT2D eigenvalue weighted by molar-refractivity contribution is 7.90. The van der Waals surface area contributed by atoms with Crippen LogP contribution in [-0.2, 0) is 9.84 Å². The molecule has 122 valence electrons. The summed E-state index contributed by atoms with van der Waals surface area (Å²) < 4.78 is 23.4. The number of hydrogen-bond acceptors (Lipinski definition) is 4. The maximum atomic E-state index is 11.7. The van der Waals surface area contributed by atoms with Crippen LogP contribution in [0.5, 0.6) is 0 Å². The number of carbonyl (C=O) groups is 1. The fourth-order valence-electron chi connectivity index (χ4n) is 2.76. The van der Waals surface area contributed by atoms with Crippen LogP contribution in [0, 0.1) is 5.92 Å². The number of piperazine rings is 1. The smallest absolute Gasteiger partial charge is 0.407 e. The maximum absolute atomic E-state index is 11.7. The highest BCUT2D eigenvalue weighted by Crippen LogP contribution is 2.25. The number of anilines is 1. The van der Waals surface area contributed by atoms with Crippen LogP contribution in [0.2, 0.25) is 0 Å². The van der Waals surface area contributed by atoms with Crippen molar-refractivity contribution in [2.75, 3.05) is 30.8 Å². The fourth-order valence-corrected chi connectivity index (χ4v) is 3.42. The Morgan fingerprint density at radius 2 is 2.00 bits per heavy atom. The topological polar surface area (TPSA) is 77.9 Å². The van der Waals surface area contributed by atoms with Crippen LogP contribution in [-0.4, -0.2) is 56.4 Å². The number of carboxylic acid groups (broad SMARTS) is 1. The first-order valence-electron chi connectivity index (χ1n) is 7.25. The Kier molecular flexibility index (Phi) is 4.65. The van der Waals surface area contributed by atoms with Gasteiger partial charge in [0.05, 0.1) is 10.9 Å². The average molecular weight is 326 g/mol. The summed E-state index contributed by atoms with van der Waals surface area (Å²) in [7, 11) is -3.25. The third-order valence-electron chi connectivity index (χ3n) is 4.04. The van der Waals surface area contributed by atoms with E-state index in [1.807, 2.05) is 19.9 Å². The molecule has 0 spiro atoms. The Bertz CT molecular complexity index is 657. The zero-order chi connectivity index (χ0) is 16.5. The van der Waals surface area contributed by atoms with E-state index >= 15 is 0 Å². The number of amides is 1. The lowest BCUT2D eigenvalue weighted by atomic mass is 9.99. The standard InChI is InChI=1S/C15H22N2O4S/c1-11(2)14-10-16(7-8-17(14)15(18)19)12-5-4-6-13(9-12)22(3,20)21/h4-6,9,11,14H,7-8,10H2,1-3H3,(H,18,19). The van der Waals surface area contributed by atoms with Gasteiger partial charge in [-0.2, -0.15) is 0 Å². The van der Waals surface area contributed by atoms with Gasteiger partial charge in [0.2, 0.25) is 0 Å². The van der Waals surface area contributed by atoms with Crippen LogP contribution >= 0.6 is 0 Å². The van der Waals surface area contributed by atoms with E-state index in [1.54, 1.807) is 18.2 Å². The van der Waals surface area contributed by atoms with Crippen molar-refractivity contribution in [2.24, 2.45) is 5.92 Å². The molecule has 1 aromatic carbocycles. The molecule has 1 unspecified atom stereocenters. The minimum atomic E-state index is -3.25. The summed E-state index contributed by atoms with van der Waals surface area (Å²) in [6.07, 6.45) is 0.286. The van der Waals surface area contributed by atoms with E-state index in [2.05, 4.69) is 4.90 Å². The minimum absolute atomic E-state index is 0.104. The molecule has 0 aromatic heterocycles. The summed E-state index contributed by atoms with van der Waals surface area (Å²) in [5, 5.41) is 9.29. The van der Waals surface area contributed by atoms with Crippen molar-refractivity contribution in [1.29, 1.82) is 0 Å². The van der Waals surface area contributed by atoms with Crippen LogP contribution in [0.4, 0.5) is 10.5 Å². The molecule has 6 nitrogen and oxygen atoms in total. The maximum Gasteiger partial charge on any atom is 0.407 e. The lowest BCUT2D eigenvalue weighted by Crippen LogP contribution is -2.57. The highest BCUT2D eigenvalue weighted by Gasteiger charge is 2.32. The highest BCUT2D eigenvalue weighted by atomic mass is 32.2. The summed E-state index contributed by atoms with van der Waals surface area (Å²) in [5.41, 5.74) is 0.818. The number of benzene rings is 1. The molecular formula is C15H22N2O4S. The Morgan fingerprint density at radius 1 is 1.32 bits per heavy atom. The summed E-state index contributed by atoms with van der Waals surface area (Å²) in [6.45, 7) is 5.54. The second kappa shape index (κ2) is 6.16. The van der Waals surface area contributed by atoms with E-state index in [4.69, 9.17) is 0 Å². The van der Waals surface area contributed by atoms with Gasteiger partial charge in [-0.05, 0) is 24.1 Å². The predicted molar refractivity (Wildman–Crippen MR) is 85.1 cm³/mol. The van der Waals surface area contributed by atoms with Gasteiger partial charge >= 0.3 is 6.09 Å². The molecule has 1 aromatic rings. The van der Waals surface area contributed by atoms with Gasteiger partial charge in [-0.3, -0.25) is 0 Å². The average Bonchev–Trinajstić information content (AvgIpc) is 2.45. The fraction of sp³-hybridized carbons (Fsp3) is 0.533. The Morgan fingerprint density at radius 3 is 2.55 bits per heavy atom. The van der Waals surface area contributed by atoms with Crippen molar-refractivity contribution in [2.45, 2.75) is 24.8 Å². The van der Waals surface area contributed by atoms with E-state index in [-0.39, 0.29) is 16.9 Å². The summed E-state index contributed by atoms with van der Waals surface area (Å²) in [5.74, 6) is 0.192. The molecule has 1 heterocycles. The molecule has 1 aliphatic heterocycles. The largest absolute Gasteiger partial charge is 0.465 e. The Balaban J connectivity index is 2.26. The van der Waals surface area contributed by atoms with Gasteiger partial charge in [0.25, 0.3) is 0 Å². The first-order valence-corrected chi connectivity index (χ1v) is 9.14. The quantitative estimate of drug-likeness (QED) is 0.918. The molecule has 1 amide bonds. The van der Waals surface area contributed by atoms with E-state index in [9.17, 15) is 18.3 Å². The molecular weight excluding hydrogens is 304 g/mol. The molecule has 1 saturated heterocycles. The summed E-state index contributed by atoms with van der Waals surface area (Å²) in [6, 6.07) is 6.71. The summed E-state index contributed by atoms with van der Waals surface area (Å²) >= 11 is 0. The first-order chi connectivity index (χ1) is 10.2. The molecule has 22 heavy (non-hydrogen) atoms. The van der Waals surface area contributed by atoms with E-state index in [0.717, 1.165) is 5.69 Å².